The molecule has 3 rings (SSSR count). The summed E-state index contributed by atoms with van der Waals surface area (Å²) in [5.74, 6) is 0. The molecule has 0 aliphatic carbocycles. The van der Waals surface area contributed by atoms with E-state index in [1.807, 2.05) is 0 Å². The Morgan fingerprint density at radius 3 is 2.59 bits per heavy atom. The number of benzene rings is 2. The maximum absolute atomic E-state index is 5.61. The number of aromatic nitrogens is 1. The first-order valence-electron chi connectivity index (χ1n) is 5.97. The van der Waals surface area contributed by atoms with Gasteiger partial charge in [-0.25, -0.2) is 0 Å². The summed E-state index contributed by atoms with van der Waals surface area (Å²) in [4.78, 5) is 0. The molecule has 1 aromatic heterocycles. The third kappa shape index (κ3) is 1.53. The first-order chi connectivity index (χ1) is 8.31. The molecular weight excluding hydrogens is 208 g/mol. The van der Waals surface area contributed by atoms with E-state index in [9.17, 15) is 0 Å². The van der Waals surface area contributed by atoms with Crippen LogP contribution in [0.5, 0.6) is 0 Å². The predicted octanol–water partition coefficient (Wildman–Crippen LogP) is 2.83. The van der Waals surface area contributed by atoms with Crippen LogP contribution in [0.3, 0.4) is 0 Å². The van der Waals surface area contributed by atoms with Gasteiger partial charge in [-0.1, -0.05) is 30.3 Å². The lowest BCUT2D eigenvalue weighted by molar-refractivity contribution is 0.964. The zero-order valence-corrected chi connectivity index (χ0v) is 9.98. The molecule has 2 heteroatoms. The number of hydrogen-bond donors (Lipinski definition) is 1. The van der Waals surface area contributed by atoms with Gasteiger partial charge in [-0.05, 0) is 30.7 Å². The Bertz CT molecular complexity index is 680. The van der Waals surface area contributed by atoms with Gasteiger partial charge in [0.15, 0.2) is 0 Å². The minimum atomic E-state index is 0.704. The van der Waals surface area contributed by atoms with Gasteiger partial charge in [-0.3, -0.25) is 0 Å². The number of nitrogens with zero attached hydrogens (tertiary/aromatic N) is 1. The average molecular weight is 224 g/mol. The second-order valence-corrected chi connectivity index (χ2v) is 4.47. The Balaban J connectivity index is 2.36. The number of rotatable bonds is 2. The van der Waals surface area contributed by atoms with E-state index in [2.05, 4.69) is 54.1 Å². The highest BCUT2D eigenvalue weighted by Gasteiger charge is 2.07. The van der Waals surface area contributed by atoms with E-state index in [0.29, 0.717) is 6.54 Å². The van der Waals surface area contributed by atoms with Crippen molar-refractivity contribution in [1.29, 1.82) is 0 Å². The SMILES string of the molecule is Cn1c2ccccc2c2ccc(CCN)cc21. The lowest BCUT2D eigenvalue weighted by atomic mass is 10.1. The first kappa shape index (κ1) is 10.4. The molecule has 2 N–H and O–H groups in total. The summed E-state index contributed by atoms with van der Waals surface area (Å²) in [5, 5.41) is 2.65. The van der Waals surface area contributed by atoms with Gasteiger partial charge < -0.3 is 10.3 Å². The largest absolute Gasteiger partial charge is 0.344 e. The highest BCUT2D eigenvalue weighted by molar-refractivity contribution is 6.08. The first-order valence-corrected chi connectivity index (χ1v) is 5.97. The summed E-state index contributed by atoms with van der Waals surface area (Å²) in [7, 11) is 2.12. The van der Waals surface area contributed by atoms with E-state index in [4.69, 9.17) is 5.73 Å². The van der Waals surface area contributed by atoms with Gasteiger partial charge in [0.1, 0.15) is 0 Å². The Labute approximate surface area is 101 Å². The van der Waals surface area contributed by atoms with Crippen LogP contribution in [0.15, 0.2) is 42.5 Å². The molecular formula is C15H16N2. The normalized spacial score (nSPS) is 11.4. The Kier molecular flexibility index (Phi) is 2.37. The van der Waals surface area contributed by atoms with Crippen molar-refractivity contribution in [3.8, 4) is 0 Å². The van der Waals surface area contributed by atoms with Crippen molar-refractivity contribution in [1.82, 2.24) is 4.57 Å². The Morgan fingerprint density at radius 2 is 1.76 bits per heavy atom. The maximum Gasteiger partial charge on any atom is 0.0491 e. The summed E-state index contributed by atoms with van der Waals surface area (Å²) >= 11 is 0. The third-order valence-electron chi connectivity index (χ3n) is 3.41. The fraction of sp³-hybridized carbons (Fsp3) is 0.200. The van der Waals surface area contributed by atoms with Crippen LogP contribution in [0, 0.1) is 0 Å². The quantitative estimate of drug-likeness (QED) is 0.713. The lowest BCUT2D eigenvalue weighted by Crippen LogP contribution is -2.02. The molecule has 2 aromatic carbocycles. The molecule has 2 nitrogen and oxygen atoms in total. The molecule has 0 bridgehead atoms. The summed E-state index contributed by atoms with van der Waals surface area (Å²) in [6.45, 7) is 0.704. The van der Waals surface area contributed by atoms with E-state index in [1.54, 1.807) is 0 Å². The van der Waals surface area contributed by atoms with Crippen molar-refractivity contribution >= 4 is 21.8 Å². The predicted molar refractivity (Wildman–Crippen MR) is 73.2 cm³/mol. The van der Waals surface area contributed by atoms with Crippen molar-refractivity contribution in [3.05, 3.63) is 48.0 Å². The molecule has 3 aromatic rings. The number of nitrogens with two attached hydrogens (primary N) is 1. The molecule has 0 aliphatic heterocycles. The van der Waals surface area contributed by atoms with Crippen LogP contribution in [-0.4, -0.2) is 11.1 Å². The van der Waals surface area contributed by atoms with Crippen LogP contribution in [0.4, 0.5) is 0 Å². The van der Waals surface area contributed by atoms with E-state index < -0.39 is 0 Å². The van der Waals surface area contributed by atoms with E-state index in [1.165, 1.54) is 27.4 Å². The number of para-hydroxylation sites is 1. The second kappa shape index (κ2) is 3.90. The zero-order chi connectivity index (χ0) is 11.8. The van der Waals surface area contributed by atoms with Crippen LogP contribution >= 0.6 is 0 Å². The van der Waals surface area contributed by atoms with Gasteiger partial charge in [-0.15, -0.1) is 0 Å². The highest BCUT2D eigenvalue weighted by atomic mass is 14.9. The molecule has 86 valence electrons. The van der Waals surface area contributed by atoms with Gasteiger partial charge in [-0.2, -0.15) is 0 Å². The van der Waals surface area contributed by atoms with Gasteiger partial charge in [0.25, 0.3) is 0 Å². The molecule has 0 fully saturated rings. The molecule has 0 spiro atoms. The number of aryl methyl sites for hydroxylation is 1. The average Bonchev–Trinajstić information content (AvgIpc) is 2.65. The molecule has 0 atom stereocenters. The van der Waals surface area contributed by atoms with Crippen LogP contribution < -0.4 is 5.73 Å². The highest BCUT2D eigenvalue weighted by Crippen LogP contribution is 2.28. The number of fused-ring (bicyclic) bond motifs is 3. The molecule has 0 amide bonds. The van der Waals surface area contributed by atoms with E-state index in [0.717, 1.165) is 6.42 Å². The Morgan fingerprint density at radius 1 is 1.00 bits per heavy atom. The Hall–Kier alpha value is -1.80. The molecule has 0 saturated carbocycles. The fourth-order valence-electron chi connectivity index (χ4n) is 2.53. The third-order valence-corrected chi connectivity index (χ3v) is 3.41. The molecule has 1 heterocycles. The van der Waals surface area contributed by atoms with Crippen molar-refractivity contribution in [3.63, 3.8) is 0 Å². The smallest absolute Gasteiger partial charge is 0.0491 e. The van der Waals surface area contributed by atoms with Crippen molar-refractivity contribution in [2.24, 2.45) is 12.8 Å². The number of hydrogen-bond acceptors (Lipinski definition) is 1. The van der Waals surface area contributed by atoms with Gasteiger partial charge in [0.05, 0.1) is 0 Å². The summed E-state index contributed by atoms with van der Waals surface area (Å²) in [5.41, 5.74) is 9.50. The molecule has 0 aliphatic rings. The topological polar surface area (TPSA) is 30.9 Å². The lowest BCUT2D eigenvalue weighted by Gasteiger charge is -2.01. The minimum absolute atomic E-state index is 0.704. The maximum atomic E-state index is 5.61. The van der Waals surface area contributed by atoms with Crippen molar-refractivity contribution < 1.29 is 0 Å². The summed E-state index contributed by atoms with van der Waals surface area (Å²) in [6, 6.07) is 15.2. The standard InChI is InChI=1S/C15H16N2/c1-17-14-5-3-2-4-12(14)13-7-6-11(8-9-16)10-15(13)17/h2-7,10H,8-9,16H2,1H3. The fourth-order valence-corrected chi connectivity index (χ4v) is 2.53. The molecule has 0 unspecified atom stereocenters. The summed E-state index contributed by atoms with van der Waals surface area (Å²) in [6.07, 6.45) is 0.942. The summed E-state index contributed by atoms with van der Waals surface area (Å²) < 4.78 is 2.25. The van der Waals surface area contributed by atoms with Gasteiger partial charge in [0.2, 0.25) is 0 Å². The molecule has 17 heavy (non-hydrogen) atoms. The minimum Gasteiger partial charge on any atom is -0.344 e. The van der Waals surface area contributed by atoms with E-state index >= 15 is 0 Å². The molecule has 0 radical (unpaired) electrons. The molecule has 0 saturated heterocycles. The van der Waals surface area contributed by atoms with Crippen LogP contribution in [0.2, 0.25) is 0 Å². The van der Waals surface area contributed by atoms with Crippen molar-refractivity contribution in [2.75, 3.05) is 6.54 Å². The van der Waals surface area contributed by atoms with Gasteiger partial charge in [0, 0.05) is 28.9 Å². The monoisotopic (exact) mass is 224 g/mol. The van der Waals surface area contributed by atoms with E-state index in [-0.39, 0.29) is 0 Å². The zero-order valence-electron chi connectivity index (χ0n) is 9.98. The van der Waals surface area contributed by atoms with Crippen molar-refractivity contribution in [2.45, 2.75) is 6.42 Å². The van der Waals surface area contributed by atoms with Crippen LogP contribution in [0.1, 0.15) is 5.56 Å². The van der Waals surface area contributed by atoms with Crippen LogP contribution in [-0.2, 0) is 13.5 Å². The van der Waals surface area contributed by atoms with Gasteiger partial charge >= 0.3 is 0 Å². The van der Waals surface area contributed by atoms with Crippen LogP contribution in [0.25, 0.3) is 21.8 Å². The second-order valence-electron chi connectivity index (χ2n) is 4.47.